The Balaban J connectivity index is 0.00000312. The van der Waals surface area contributed by atoms with E-state index in [-0.39, 0.29) is 35.9 Å². The van der Waals surface area contributed by atoms with Gasteiger partial charge >= 0.3 is 5.97 Å². The number of nitrogens with one attached hydrogen (secondary N) is 1. The Bertz CT molecular complexity index is 557. The number of hydrogen-bond donors (Lipinski definition) is 1. The van der Waals surface area contributed by atoms with Crippen molar-refractivity contribution < 1.29 is 9.53 Å². The molecule has 1 N–H and O–H groups in total. The fourth-order valence-corrected chi connectivity index (χ4v) is 3.76. The van der Waals surface area contributed by atoms with E-state index >= 15 is 0 Å². The van der Waals surface area contributed by atoms with Gasteiger partial charge in [0.2, 0.25) is 0 Å². The normalized spacial score (nSPS) is 15.6. The fraction of sp³-hybridized carbons (Fsp3) is 0.706. The number of aliphatic imine (C=N–C) groups is 1. The molecule has 0 spiro atoms. The zero-order chi connectivity index (χ0) is 17.4. The number of piperidine rings is 1. The zero-order valence-corrected chi connectivity index (χ0v) is 18.4. The minimum atomic E-state index is -0.0879. The summed E-state index contributed by atoms with van der Waals surface area (Å²) < 4.78 is 4.83. The van der Waals surface area contributed by atoms with Gasteiger partial charge in [0, 0.05) is 37.8 Å². The molecule has 1 aliphatic heterocycles. The molecule has 1 aliphatic rings. The van der Waals surface area contributed by atoms with Gasteiger partial charge in [-0.25, -0.2) is 4.98 Å². The van der Waals surface area contributed by atoms with Gasteiger partial charge in [0.15, 0.2) is 5.96 Å². The number of likely N-dealkylation sites (tertiary alicyclic amines) is 1. The molecule has 1 aromatic heterocycles. The summed E-state index contributed by atoms with van der Waals surface area (Å²) in [6.45, 7) is 4.64. The Kier molecular flexibility index (Phi) is 10.3. The average Bonchev–Trinajstić information content (AvgIpc) is 3.03. The second-order valence-corrected chi connectivity index (χ2v) is 7.04. The number of nitrogens with zero attached hydrogens (tertiary/aromatic N) is 3. The first-order chi connectivity index (χ1) is 11.6. The predicted molar refractivity (Wildman–Crippen MR) is 113 cm³/mol. The number of ether oxygens (including phenoxy) is 1. The second-order valence-electron chi connectivity index (χ2n) is 6.10. The molecule has 25 heavy (non-hydrogen) atoms. The highest BCUT2D eigenvalue weighted by molar-refractivity contribution is 14.0. The maximum absolute atomic E-state index is 11.6. The molecular formula is C17H29IN4O2S. The van der Waals surface area contributed by atoms with Crippen LogP contribution < -0.4 is 5.32 Å². The van der Waals surface area contributed by atoms with Crippen molar-refractivity contribution in [3.05, 3.63) is 16.1 Å². The molecule has 142 valence electrons. The minimum Gasteiger partial charge on any atom is -0.469 e. The lowest BCUT2D eigenvalue weighted by Gasteiger charge is -2.33. The average molecular weight is 480 g/mol. The first-order valence-electron chi connectivity index (χ1n) is 8.58. The van der Waals surface area contributed by atoms with Gasteiger partial charge in [-0.05, 0) is 39.0 Å². The lowest BCUT2D eigenvalue weighted by Crippen LogP contribution is -2.46. The first kappa shape index (κ1) is 22.1. The molecule has 8 heteroatoms. The lowest BCUT2D eigenvalue weighted by atomic mass is 9.97. The standard InChI is InChI=1S/C17H28N4O2S.HI/c1-13-12-24-15(20-13)6-4-5-9-19-17(18-2)21-10-7-14(8-11-21)16(22)23-3;/h12,14H,4-11H2,1-3H3,(H,18,19);1H. The number of hydrogen-bond acceptors (Lipinski definition) is 5. The Hall–Kier alpha value is -0.900. The van der Waals surface area contributed by atoms with Gasteiger partial charge in [-0.2, -0.15) is 0 Å². The molecule has 1 saturated heterocycles. The van der Waals surface area contributed by atoms with Crippen molar-refractivity contribution in [2.75, 3.05) is 33.8 Å². The number of thiazole rings is 1. The van der Waals surface area contributed by atoms with Crippen molar-refractivity contribution in [1.82, 2.24) is 15.2 Å². The summed E-state index contributed by atoms with van der Waals surface area (Å²) in [5.74, 6) is 0.879. The molecule has 2 rings (SSSR count). The van der Waals surface area contributed by atoms with Gasteiger partial charge in [0.1, 0.15) is 0 Å². The monoisotopic (exact) mass is 480 g/mol. The number of methoxy groups -OCH3 is 1. The fourth-order valence-electron chi connectivity index (χ4n) is 2.94. The highest BCUT2D eigenvalue weighted by Crippen LogP contribution is 2.18. The van der Waals surface area contributed by atoms with Gasteiger partial charge in [-0.1, -0.05) is 0 Å². The molecule has 6 nitrogen and oxygen atoms in total. The van der Waals surface area contributed by atoms with Crippen molar-refractivity contribution in [2.45, 2.75) is 39.0 Å². The molecule has 1 fully saturated rings. The van der Waals surface area contributed by atoms with Crippen molar-refractivity contribution in [2.24, 2.45) is 10.9 Å². The molecular weight excluding hydrogens is 451 g/mol. The van der Waals surface area contributed by atoms with Crippen LogP contribution in [0.25, 0.3) is 0 Å². The summed E-state index contributed by atoms with van der Waals surface area (Å²) in [4.78, 5) is 22.7. The summed E-state index contributed by atoms with van der Waals surface area (Å²) in [5, 5.41) is 6.76. The van der Waals surface area contributed by atoms with Crippen LogP contribution in [0.3, 0.4) is 0 Å². The van der Waals surface area contributed by atoms with Crippen LogP contribution in [-0.4, -0.2) is 55.6 Å². The first-order valence-corrected chi connectivity index (χ1v) is 9.46. The Morgan fingerprint density at radius 3 is 2.72 bits per heavy atom. The van der Waals surface area contributed by atoms with Gasteiger partial charge in [0.05, 0.1) is 18.0 Å². The van der Waals surface area contributed by atoms with E-state index < -0.39 is 0 Å². The van der Waals surface area contributed by atoms with E-state index in [0.29, 0.717) is 0 Å². The Morgan fingerprint density at radius 1 is 1.44 bits per heavy atom. The van der Waals surface area contributed by atoms with E-state index in [4.69, 9.17) is 4.74 Å². The van der Waals surface area contributed by atoms with Crippen LogP contribution in [0.2, 0.25) is 0 Å². The Morgan fingerprint density at radius 2 is 2.16 bits per heavy atom. The molecule has 1 aromatic rings. The predicted octanol–water partition coefficient (Wildman–Crippen LogP) is 2.85. The van der Waals surface area contributed by atoms with Crippen LogP contribution in [0.15, 0.2) is 10.4 Å². The summed E-state index contributed by atoms with van der Waals surface area (Å²) in [6.07, 6.45) is 4.93. The number of halogens is 1. The molecule has 0 aliphatic carbocycles. The number of aryl methyl sites for hydroxylation is 2. The van der Waals surface area contributed by atoms with Crippen molar-refractivity contribution in [1.29, 1.82) is 0 Å². The minimum absolute atomic E-state index is 0. The summed E-state index contributed by atoms with van der Waals surface area (Å²) in [6, 6.07) is 0. The van der Waals surface area contributed by atoms with Crippen LogP contribution in [0.4, 0.5) is 0 Å². The van der Waals surface area contributed by atoms with E-state index in [2.05, 4.69) is 25.6 Å². The third-order valence-electron chi connectivity index (χ3n) is 4.31. The zero-order valence-electron chi connectivity index (χ0n) is 15.3. The molecule has 0 radical (unpaired) electrons. The maximum atomic E-state index is 11.6. The molecule has 0 amide bonds. The third kappa shape index (κ3) is 7.08. The highest BCUT2D eigenvalue weighted by Gasteiger charge is 2.26. The third-order valence-corrected chi connectivity index (χ3v) is 5.33. The number of aromatic nitrogens is 1. The number of carbonyl (C=O) groups is 1. The van der Waals surface area contributed by atoms with E-state index in [1.165, 1.54) is 12.1 Å². The number of rotatable bonds is 6. The van der Waals surface area contributed by atoms with Gasteiger partial charge in [-0.3, -0.25) is 9.79 Å². The summed E-state index contributed by atoms with van der Waals surface area (Å²) in [7, 11) is 3.27. The van der Waals surface area contributed by atoms with Crippen LogP contribution in [0.1, 0.15) is 36.4 Å². The highest BCUT2D eigenvalue weighted by atomic mass is 127. The van der Waals surface area contributed by atoms with E-state index in [0.717, 1.165) is 63.4 Å². The van der Waals surface area contributed by atoms with E-state index in [9.17, 15) is 4.79 Å². The quantitative estimate of drug-likeness (QED) is 0.223. The SMILES string of the molecule is CN=C(NCCCCc1nc(C)cs1)N1CCC(C(=O)OC)CC1.I. The van der Waals surface area contributed by atoms with Crippen LogP contribution in [-0.2, 0) is 16.0 Å². The van der Waals surface area contributed by atoms with E-state index in [1.54, 1.807) is 11.3 Å². The lowest BCUT2D eigenvalue weighted by molar-refractivity contribution is -0.146. The smallest absolute Gasteiger partial charge is 0.308 e. The Labute approximate surface area is 171 Å². The molecule has 0 aromatic carbocycles. The number of guanidine groups is 1. The summed E-state index contributed by atoms with van der Waals surface area (Å²) in [5.41, 5.74) is 1.11. The molecule has 0 atom stereocenters. The second kappa shape index (κ2) is 11.7. The van der Waals surface area contributed by atoms with E-state index in [1.807, 2.05) is 14.0 Å². The molecule has 2 heterocycles. The summed E-state index contributed by atoms with van der Waals surface area (Å²) >= 11 is 1.74. The van der Waals surface area contributed by atoms with Crippen molar-refractivity contribution in [3.8, 4) is 0 Å². The topological polar surface area (TPSA) is 66.8 Å². The largest absolute Gasteiger partial charge is 0.469 e. The van der Waals surface area contributed by atoms with Crippen LogP contribution in [0.5, 0.6) is 0 Å². The molecule has 0 saturated carbocycles. The van der Waals surface area contributed by atoms with Crippen molar-refractivity contribution >= 4 is 47.2 Å². The maximum Gasteiger partial charge on any atom is 0.308 e. The van der Waals surface area contributed by atoms with Gasteiger partial charge < -0.3 is 15.0 Å². The van der Waals surface area contributed by atoms with Gasteiger partial charge in [0.25, 0.3) is 0 Å². The van der Waals surface area contributed by atoms with Crippen molar-refractivity contribution in [3.63, 3.8) is 0 Å². The van der Waals surface area contributed by atoms with Crippen LogP contribution in [0, 0.1) is 12.8 Å². The van der Waals surface area contributed by atoms with Gasteiger partial charge in [-0.15, -0.1) is 35.3 Å². The number of carbonyl (C=O) groups excluding carboxylic acids is 1. The number of unbranched alkanes of at least 4 members (excludes halogenated alkanes) is 1. The molecule has 0 unspecified atom stereocenters. The number of esters is 1. The van der Waals surface area contributed by atoms with Crippen LogP contribution >= 0.6 is 35.3 Å². The molecule has 0 bridgehead atoms.